The summed E-state index contributed by atoms with van der Waals surface area (Å²) in [7, 11) is 0.684. The van der Waals surface area contributed by atoms with E-state index in [-0.39, 0.29) is 0 Å². The van der Waals surface area contributed by atoms with Crippen LogP contribution in [0.25, 0.3) is 0 Å². The van der Waals surface area contributed by atoms with E-state index in [0.29, 0.717) is 35.5 Å². The van der Waals surface area contributed by atoms with Gasteiger partial charge in [0.2, 0.25) is 0 Å². The lowest BCUT2D eigenvalue weighted by atomic mass is 10.1. The van der Waals surface area contributed by atoms with E-state index in [1.807, 2.05) is 20.8 Å². The molecule has 19 heavy (non-hydrogen) atoms. The molecule has 0 spiro atoms. The van der Waals surface area contributed by atoms with Gasteiger partial charge in [-0.25, -0.2) is 0 Å². The van der Waals surface area contributed by atoms with Gasteiger partial charge < -0.3 is 19.0 Å². The summed E-state index contributed by atoms with van der Waals surface area (Å²) >= 11 is 0. The highest BCUT2D eigenvalue weighted by Crippen LogP contribution is 2.23. The number of hydrogen-bond acceptors (Lipinski definition) is 4. The molecule has 0 fully saturated rings. The Labute approximate surface area is 120 Å². The van der Waals surface area contributed by atoms with Crippen LogP contribution in [0.15, 0.2) is 0 Å². The van der Waals surface area contributed by atoms with Crippen molar-refractivity contribution in [3.05, 3.63) is 0 Å². The van der Waals surface area contributed by atoms with E-state index in [1.165, 1.54) is 0 Å². The number of rotatable bonds is 13. The quantitative estimate of drug-likeness (QED) is 0.296. The second kappa shape index (κ2) is 11.6. The summed E-state index contributed by atoms with van der Waals surface area (Å²) in [6.07, 6.45) is 5.68. The maximum Gasteiger partial charge on any atom is 0.282 e. The van der Waals surface area contributed by atoms with Crippen LogP contribution in [0.4, 0.5) is 0 Å². The Hall–Kier alpha value is -0.233. The highest BCUT2D eigenvalue weighted by molar-refractivity contribution is 6.57. The van der Waals surface area contributed by atoms with Crippen LogP contribution in [0.1, 0.15) is 59.3 Å². The smallest absolute Gasteiger partial charge is 0.282 e. The molecular weight excluding hydrogens is 260 g/mol. The van der Waals surface area contributed by atoms with Crippen molar-refractivity contribution >= 4 is 15.6 Å². The van der Waals surface area contributed by atoms with Crippen LogP contribution in [0, 0.1) is 0 Å². The van der Waals surface area contributed by atoms with Gasteiger partial charge in [-0.15, -0.1) is 0 Å². The SMILES string of the molecule is CCOC(CCCCCCC(=O)[SiH3])(OCC)OCC. The normalized spacial score (nSPS) is 11.9. The number of ether oxygens (including phenoxy) is 3. The van der Waals surface area contributed by atoms with Crippen LogP contribution in [0.2, 0.25) is 0 Å². The van der Waals surface area contributed by atoms with E-state index < -0.39 is 5.97 Å². The molecule has 0 aliphatic rings. The summed E-state index contributed by atoms with van der Waals surface area (Å²) in [6.45, 7) is 7.58. The van der Waals surface area contributed by atoms with E-state index in [2.05, 4.69) is 0 Å². The number of hydrogen-bond donors (Lipinski definition) is 0. The largest absolute Gasteiger partial charge is 0.328 e. The van der Waals surface area contributed by atoms with Gasteiger partial charge in [0.25, 0.3) is 5.97 Å². The molecule has 4 nitrogen and oxygen atoms in total. The first-order valence-electron chi connectivity index (χ1n) is 7.51. The van der Waals surface area contributed by atoms with Gasteiger partial charge in [-0.3, -0.25) is 0 Å². The van der Waals surface area contributed by atoms with Gasteiger partial charge >= 0.3 is 0 Å². The lowest BCUT2D eigenvalue weighted by molar-refractivity contribution is -0.380. The van der Waals surface area contributed by atoms with Crippen LogP contribution >= 0.6 is 0 Å². The van der Waals surface area contributed by atoms with Crippen LogP contribution < -0.4 is 0 Å². The minimum absolute atomic E-state index is 0.410. The van der Waals surface area contributed by atoms with E-state index in [0.717, 1.165) is 38.5 Å². The predicted molar refractivity (Wildman–Crippen MR) is 80.3 cm³/mol. The minimum atomic E-state index is -0.869. The van der Waals surface area contributed by atoms with Gasteiger partial charge in [0.1, 0.15) is 5.41 Å². The standard InChI is InChI=1S/C14H30O4Si/c1-4-16-14(17-5-2,18-6-3)12-10-8-7-9-11-13(15)19/h4-12H2,1-3,19H3. The molecule has 0 N–H and O–H groups in total. The van der Waals surface area contributed by atoms with Gasteiger partial charge in [0.05, 0.1) is 10.2 Å². The molecule has 5 heteroatoms. The van der Waals surface area contributed by atoms with Crippen molar-refractivity contribution in [2.24, 2.45) is 0 Å². The van der Waals surface area contributed by atoms with Crippen LogP contribution in [0.3, 0.4) is 0 Å². The van der Waals surface area contributed by atoms with Crippen molar-refractivity contribution in [2.45, 2.75) is 65.3 Å². The molecule has 0 aromatic rings. The monoisotopic (exact) mass is 290 g/mol. The van der Waals surface area contributed by atoms with Gasteiger partial charge in [-0.05, 0) is 33.6 Å². The summed E-state index contributed by atoms with van der Waals surface area (Å²) in [5, 5.41) is 0.410. The maximum atomic E-state index is 10.9. The van der Waals surface area contributed by atoms with Crippen LogP contribution in [0.5, 0.6) is 0 Å². The fourth-order valence-electron chi connectivity index (χ4n) is 2.07. The summed E-state index contributed by atoms with van der Waals surface area (Å²) in [6, 6.07) is 0. The molecule has 0 aliphatic carbocycles. The molecule has 0 aliphatic heterocycles. The van der Waals surface area contributed by atoms with Crippen molar-refractivity contribution in [3.63, 3.8) is 0 Å². The molecule has 114 valence electrons. The van der Waals surface area contributed by atoms with E-state index in [9.17, 15) is 4.79 Å². The number of unbranched alkanes of at least 4 members (excludes halogenated alkanes) is 3. The molecule has 0 amide bonds. The Morgan fingerprint density at radius 1 is 0.895 bits per heavy atom. The molecule has 0 radical (unpaired) electrons. The van der Waals surface area contributed by atoms with Gasteiger partial charge in [0, 0.05) is 32.7 Å². The zero-order chi connectivity index (χ0) is 14.6. The van der Waals surface area contributed by atoms with Crippen LogP contribution in [-0.2, 0) is 19.0 Å². The molecule has 0 atom stereocenters. The Kier molecular flexibility index (Phi) is 11.4. The lowest BCUT2D eigenvalue weighted by Gasteiger charge is -2.32. The molecular formula is C14H30O4Si. The zero-order valence-electron chi connectivity index (χ0n) is 13.0. The first-order valence-corrected chi connectivity index (χ1v) is 8.51. The molecule has 0 aromatic carbocycles. The third-order valence-electron chi connectivity index (χ3n) is 2.85. The number of carbonyl (C=O) groups excluding carboxylic acids is 1. The topological polar surface area (TPSA) is 44.8 Å². The fraction of sp³-hybridized carbons (Fsp3) is 0.929. The average Bonchev–Trinajstić information content (AvgIpc) is 2.34. The minimum Gasteiger partial charge on any atom is -0.328 e. The molecule has 0 saturated carbocycles. The van der Waals surface area contributed by atoms with Crippen molar-refractivity contribution in [1.29, 1.82) is 0 Å². The van der Waals surface area contributed by atoms with E-state index in [1.54, 1.807) is 0 Å². The van der Waals surface area contributed by atoms with E-state index in [4.69, 9.17) is 14.2 Å². The molecule has 0 aromatic heterocycles. The van der Waals surface area contributed by atoms with E-state index >= 15 is 0 Å². The predicted octanol–water partition coefficient (Wildman–Crippen LogP) is 1.98. The lowest BCUT2D eigenvalue weighted by Crippen LogP contribution is -2.39. The molecule has 0 rings (SSSR count). The van der Waals surface area contributed by atoms with Crippen molar-refractivity contribution in [1.82, 2.24) is 0 Å². The fourth-order valence-corrected chi connectivity index (χ4v) is 2.42. The molecule has 0 heterocycles. The number of carbonyl (C=O) groups is 1. The van der Waals surface area contributed by atoms with Gasteiger partial charge in [0.15, 0.2) is 0 Å². The first kappa shape index (κ1) is 18.8. The average molecular weight is 290 g/mol. The zero-order valence-corrected chi connectivity index (χ0v) is 15.0. The van der Waals surface area contributed by atoms with Crippen molar-refractivity contribution in [3.8, 4) is 0 Å². The second-order valence-corrected chi connectivity index (χ2v) is 5.71. The Morgan fingerprint density at radius 2 is 1.37 bits per heavy atom. The van der Waals surface area contributed by atoms with Crippen LogP contribution in [-0.4, -0.2) is 41.4 Å². The Bertz CT molecular complexity index is 216. The van der Waals surface area contributed by atoms with Crippen molar-refractivity contribution in [2.75, 3.05) is 19.8 Å². The summed E-state index contributed by atoms with van der Waals surface area (Å²) in [5.74, 6) is -0.869. The maximum absolute atomic E-state index is 10.9. The third-order valence-corrected chi connectivity index (χ3v) is 3.35. The molecule has 0 saturated heterocycles. The second-order valence-electron chi connectivity index (χ2n) is 4.60. The molecule has 0 bridgehead atoms. The Balaban J connectivity index is 3.99. The summed E-state index contributed by atoms with van der Waals surface area (Å²) < 4.78 is 17.0. The van der Waals surface area contributed by atoms with Crippen molar-refractivity contribution < 1.29 is 19.0 Å². The Morgan fingerprint density at radius 3 is 1.79 bits per heavy atom. The first-order chi connectivity index (χ1) is 9.10. The highest BCUT2D eigenvalue weighted by Gasteiger charge is 2.31. The van der Waals surface area contributed by atoms with Gasteiger partial charge in [-0.1, -0.05) is 12.8 Å². The van der Waals surface area contributed by atoms with Gasteiger partial charge in [-0.2, -0.15) is 0 Å². The highest BCUT2D eigenvalue weighted by atomic mass is 28.1. The molecule has 0 unspecified atom stereocenters. The third kappa shape index (κ3) is 9.32. The summed E-state index contributed by atoms with van der Waals surface area (Å²) in [5.41, 5.74) is 0. The summed E-state index contributed by atoms with van der Waals surface area (Å²) in [4.78, 5) is 10.9.